The lowest BCUT2D eigenvalue weighted by Crippen LogP contribution is -1.88. The summed E-state index contributed by atoms with van der Waals surface area (Å²) in [5.74, 6) is 0.341. The second-order valence-electron chi connectivity index (χ2n) is 5.48. The third-order valence-corrected chi connectivity index (χ3v) is 3.98. The number of aromatic hydroxyl groups is 1. The maximum absolute atomic E-state index is 10.4. The second-order valence-corrected chi connectivity index (χ2v) is 5.48. The standard InChI is InChI=1S/C18H18O2/c1-10-5-7-12(3)17(19)15(10)14-9-20-18-13(4)8-6-11(2)16(14)18/h5-9,19H,1-4H3. The fraction of sp³-hybridized carbons (Fsp3) is 0.222. The Balaban J connectivity index is 2.43. The predicted molar refractivity (Wildman–Crippen MR) is 82.3 cm³/mol. The SMILES string of the molecule is Cc1ccc(C)c(-c2coc3c(C)ccc(C)c23)c1O. The third kappa shape index (κ3) is 1.72. The number of benzene rings is 2. The molecule has 0 aliphatic heterocycles. The Hall–Kier alpha value is -2.22. The molecule has 0 bridgehead atoms. The number of hydrogen-bond donors (Lipinski definition) is 1. The number of furan rings is 1. The molecular formula is C18H18O2. The highest BCUT2D eigenvalue weighted by atomic mass is 16.3. The molecule has 3 aromatic rings. The molecule has 2 heteroatoms. The van der Waals surface area contributed by atoms with Crippen molar-refractivity contribution in [3.8, 4) is 16.9 Å². The average Bonchev–Trinajstić information content (AvgIpc) is 2.85. The average molecular weight is 266 g/mol. The smallest absolute Gasteiger partial charge is 0.137 e. The largest absolute Gasteiger partial charge is 0.507 e. The number of aryl methyl sites for hydroxylation is 4. The molecule has 0 radical (unpaired) electrons. The first-order valence-electron chi connectivity index (χ1n) is 6.77. The fourth-order valence-electron chi connectivity index (χ4n) is 2.77. The number of hydrogen-bond acceptors (Lipinski definition) is 2. The van der Waals surface area contributed by atoms with Crippen LogP contribution in [-0.2, 0) is 0 Å². The number of rotatable bonds is 1. The Kier molecular flexibility index (Phi) is 2.82. The first-order chi connectivity index (χ1) is 9.50. The van der Waals surface area contributed by atoms with E-state index < -0.39 is 0 Å². The Bertz CT molecular complexity index is 810. The van der Waals surface area contributed by atoms with Crippen LogP contribution in [0.5, 0.6) is 5.75 Å². The van der Waals surface area contributed by atoms with Gasteiger partial charge in [-0.15, -0.1) is 0 Å². The lowest BCUT2D eigenvalue weighted by Gasteiger charge is -2.10. The molecule has 1 heterocycles. The van der Waals surface area contributed by atoms with Gasteiger partial charge in [0.25, 0.3) is 0 Å². The maximum Gasteiger partial charge on any atom is 0.137 e. The second kappa shape index (κ2) is 4.41. The van der Waals surface area contributed by atoms with Crippen LogP contribution in [-0.4, -0.2) is 5.11 Å². The summed E-state index contributed by atoms with van der Waals surface area (Å²) in [6, 6.07) is 8.13. The van der Waals surface area contributed by atoms with Crippen LogP contribution >= 0.6 is 0 Å². The molecule has 0 saturated heterocycles. The Morgan fingerprint density at radius 3 is 2.15 bits per heavy atom. The number of phenols is 1. The van der Waals surface area contributed by atoms with Crippen molar-refractivity contribution in [2.24, 2.45) is 0 Å². The summed E-state index contributed by atoms with van der Waals surface area (Å²) in [4.78, 5) is 0. The zero-order valence-corrected chi connectivity index (χ0v) is 12.2. The molecule has 0 unspecified atom stereocenters. The van der Waals surface area contributed by atoms with E-state index in [2.05, 4.69) is 19.1 Å². The molecule has 20 heavy (non-hydrogen) atoms. The van der Waals surface area contributed by atoms with Crippen molar-refractivity contribution in [1.29, 1.82) is 0 Å². The van der Waals surface area contributed by atoms with Gasteiger partial charge >= 0.3 is 0 Å². The van der Waals surface area contributed by atoms with Gasteiger partial charge < -0.3 is 9.52 Å². The van der Waals surface area contributed by atoms with E-state index in [1.807, 2.05) is 32.9 Å². The van der Waals surface area contributed by atoms with E-state index in [-0.39, 0.29) is 0 Å². The van der Waals surface area contributed by atoms with E-state index in [1.165, 1.54) is 0 Å². The summed E-state index contributed by atoms with van der Waals surface area (Å²) < 4.78 is 5.75. The predicted octanol–water partition coefficient (Wildman–Crippen LogP) is 5.04. The molecule has 0 aliphatic rings. The summed E-state index contributed by atoms with van der Waals surface area (Å²) in [6.07, 6.45) is 1.76. The van der Waals surface area contributed by atoms with Gasteiger partial charge in [0, 0.05) is 16.5 Å². The fourth-order valence-corrected chi connectivity index (χ4v) is 2.77. The highest BCUT2D eigenvalue weighted by Crippen LogP contribution is 2.41. The number of phenolic OH excluding ortho intramolecular Hbond substituents is 1. The number of fused-ring (bicyclic) bond motifs is 1. The van der Waals surface area contributed by atoms with Crippen molar-refractivity contribution in [2.75, 3.05) is 0 Å². The van der Waals surface area contributed by atoms with E-state index in [0.29, 0.717) is 5.75 Å². The van der Waals surface area contributed by atoms with Crippen LogP contribution in [0.3, 0.4) is 0 Å². The van der Waals surface area contributed by atoms with E-state index >= 15 is 0 Å². The Morgan fingerprint density at radius 1 is 0.800 bits per heavy atom. The van der Waals surface area contributed by atoms with Gasteiger partial charge in [0.1, 0.15) is 11.3 Å². The summed E-state index contributed by atoms with van der Waals surface area (Å²) in [5.41, 5.74) is 6.95. The van der Waals surface area contributed by atoms with Gasteiger partial charge in [-0.05, 0) is 49.9 Å². The minimum atomic E-state index is 0.341. The molecule has 2 aromatic carbocycles. The van der Waals surface area contributed by atoms with E-state index in [4.69, 9.17) is 4.42 Å². The minimum absolute atomic E-state index is 0.341. The van der Waals surface area contributed by atoms with Crippen molar-refractivity contribution in [2.45, 2.75) is 27.7 Å². The molecule has 0 amide bonds. The van der Waals surface area contributed by atoms with Crippen molar-refractivity contribution >= 4 is 11.0 Å². The van der Waals surface area contributed by atoms with Gasteiger partial charge in [-0.2, -0.15) is 0 Å². The van der Waals surface area contributed by atoms with Crippen LogP contribution in [0.1, 0.15) is 22.3 Å². The van der Waals surface area contributed by atoms with Crippen LogP contribution in [0.15, 0.2) is 34.9 Å². The first-order valence-corrected chi connectivity index (χ1v) is 6.77. The van der Waals surface area contributed by atoms with Gasteiger partial charge in [-0.25, -0.2) is 0 Å². The zero-order chi connectivity index (χ0) is 14.4. The molecule has 0 atom stereocenters. The van der Waals surface area contributed by atoms with Gasteiger partial charge in [0.15, 0.2) is 0 Å². The molecule has 0 aliphatic carbocycles. The van der Waals surface area contributed by atoms with Gasteiger partial charge in [-0.3, -0.25) is 0 Å². The normalized spacial score (nSPS) is 11.2. The molecule has 0 saturated carbocycles. The lowest BCUT2D eigenvalue weighted by atomic mass is 9.94. The van der Waals surface area contributed by atoms with Gasteiger partial charge in [-0.1, -0.05) is 24.3 Å². The van der Waals surface area contributed by atoms with E-state index in [1.54, 1.807) is 6.26 Å². The van der Waals surface area contributed by atoms with E-state index in [9.17, 15) is 5.11 Å². The molecular weight excluding hydrogens is 248 g/mol. The molecule has 0 spiro atoms. The minimum Gasteiger partial charge on any atom is -0.507 e. The topological polar surface area (TPSA) is 33.4 Å². The monoisotopic (exact) mass is 266 g/mol. The quantitative estimate of drug-likeness (QED) is 0.669. The zero-order valence-electron chi connectivity index (χ0n) is 12.2. The maximum atomic E-state index is 10.4. The van der Waals surface area contributed by atoms with Crippen LogP contribution in [0.4, 0.5) is 0 Å². The van der Waals surface area contributed by atoms with Crippen molar-refractivity contribution in [3.05, 3.63) is 52.8 Å². The van der Waals surface area contributed by atoms with Crippen LogP contribution < -0.4 is 0 Å². The summed E-state index contributed by atoms with van der Waals surface area (Å²) >= 11 is 0. The molecule has 0 fully saturated rings. The van der Waals surface area contributed by atoms with Crippen molar-refractivity contribution < 1.29 is 9.52 Å². The van der Waals surface area contributed by atoms with Crippen LogP contribution in [0, 0.1) is 27.7 Å². The molecule has 102 valence electrons. The highest BCUT2D eigenvalue weighted by molar-refractivity contribution is 5.99. The lowest BCUT2D eigenvalue weighted by molar-refractivity contribution is 0.472. The van der Waals surface area contributed by atoms with Gasteiger partial charge in [0.2, 0.25) is 0 Å². The third-order valence-electron chi connectivity index (χ3n) is 3.98. The van der Waals surface area contributed by atoms with Crippen molar-refractivity contribution in [1.82, 2.24) is 0 Å². The molecule has 2 nitrogen and oxygen atoms in total. The van der Waals surface area contributed by atoms with Crippen LogP contribution in [0.25, 0.3) is 22.1 Å². The summed E-state index contributed by atoms with van der Waals surface area (Å²) in [6.45, 7) is 8.04. The van der Waals surface area contributed by atoms with Crippen molar-refractivity contribution in [3.63, 3.8) is 0 Å². The van der Waals surface area contributed by atoms with Gasteiger partial charge in [0.05, 0.1) is 6.26 Å². The first kappa shape index (κ1) is 12.8. The molecule has 3 rings (SSSR count). The molecule has 1 N–H and O–H groups in total. The highest BCUT2D eigenvalue weighted by Gasteiger charge is 2.17. The summed E-state index contributed by atoms with van der Waals surface area (Å²) in [7, 11) is 0. The van der Waals surface area contributed by atoms with Crippen LogP contribution in [0.2, 0.25) is 0 Å². The summed E-state index contributed by atoms with van der Waals surface area (Å²) in [5, 5.41) is 11.5. The van der Waals surface area contributed by atoms with E-state index in [0.717, 1.165) is 44.3 Å². The Morgan fingerprint density at radius 2 is 1.40 bits per heavy atom. The Labute approximate surface area is 118 Å². The molecule has 1 aromatic heterocycles.